The van der Waals surface area contributed by atoms with E-state index in [1.165, 1.54) is 19.3 Å². The third kappa shape index (κ3) is 2.22. The monoisotopic (exact) mass is 254 g/mol. The highest BCUT2D eigenvalue weighted by Gasteiger charge is 2.48. The molecule has 17 heavy (non-hydrogen) atoms. The number of hydrogen-bond acceptors (Lipinski definition) is 3. The molecule has 1 saturated carbocycles. The van der Waals surface area contributed by atoms with E-state index in [-0.39, 0.29) is 0 Å². The maximum absolute atomic E-state index is 12.1. The molecule has 96 valence electrons. The van der Waals surface area contributed by atoms with Gasteiger partial charge in [0.25, 0.3) is 0 Å². The lowest BCUT2D eigenvalue weighted by Gasteiger charge is -2.57. The maximum atomic E-state index is 12.1. The normalized spacial score (nSPS) is 34.4. The van der Waals surface area contributed by atoms with Gasteiger partial charge in [-0.3, -0.25) is 9.69 Å². The summed E-state index contributed by atoms with van der Waals surface area (Å²) in [6, 6.07) is 1.05. The number of carbonyl (C=O) groups is 1. The SMILES string of the molecule is CSC(C)N1CC2CC(C1)N2C(=O)CC1CC1. The number of piperidine rings is 1. The quantitative estimate of drug-likeness (QED) is 0.764. The maximum Gasteiger partial charge on any atom is 0.223 e. The molecule has 4 heteroatoms. The summed E-state index contributed by atoms with van der Waals surface area (Å²) < 4.78 is 0. The first-order valence-electron chi connectivity index (χ1n) is 6.77. The molecule has 3 nitrogen and oxygen atoms in total. The number of piperazine rings is 1. The molecule has 1 aliphatic carbocycles. The van der Waals surface area contributed by atoms with E-state index in [2.05, 4.69) is 23.0 Å². The van der Waals surface area contributed by atoms with Crippen molar-refractivity contribution in [1.29, 1.82) is 0 Å². The Morgan fingerprint density at radius 1 is 1.35 bits per heavy atom. The Labute approximate surface area is 108 Å². The lowest BCUT2D eigenvalue weighted by Crippen LogP contribution is -2.70. The summed E-state index contributed by atoms with van der Waals surface area (Å²) in [6.45, 7) is 4.45. The zero-order valence-electron chi connectivity index (χ0n) is 10.8. The predicted octanol–water partition coefficient (Wildman–Crippen LogP) is 1.78. The molecule has 0 aromatic carbocycles. The third-order valence-electron chi connectivity index (χ3n) is 4.52. The summed E-state index contributed by atoms with van der Waals surface area (Å²) in [5, 5.41) is 0.598. The van der Waals surface area contributed by atoms with Gasteiger partial charge in [-0.05, 0) is 38.4 Å². The van der Waals surface area contributed by atoms with E-state index < -0.39 is 0 Å². The lowest BCUT2D eigenvalue weighted by atomic mass is 9.86. The first-order chi connectivity index (χ1) is 8.19. The number of carbonyl (C=O) groups excluding carboxylic acids is 1. The van der Waals surface area contributed by atoms with Crippen LogP contribution in [0.3, 0.4) is 0 Å². The molecule has 4 rings (SSSR count). The second-order valence-corrected chi connectivity index (χ2v) is 6.93. The van der Waals surface area contributed by atoms with Gasteiger partial charge >= 0.3 is 0 Å². The Morgan fingerprint density at radius 2 is 2.00 bits per heavy atom. The molecule has 0 N–H and O–H groups in total. The Hall–Kier alpha value is -0.220. The van der Waals surface area contributed by atoms with Gasteiger partial charge in [-0.1, -0.05) is 0 Å². The zero-order chi connectivity index (χ0) is 12.0. The summed E-state index contributed by atoms with van der Waals surface area (Å²) in [4.78, 5) is 16.9. The van der Waals surface area contributed by atoms with Gasteiger partial charge in [0, 0.05) is 31.6 Å². The fourth-order valence-electron chi connectivity index (χ4n) is 3.17. The number of hydrogen-bond donors (Lipinski definition) is 0. The molecule has 0 aromatic rings. The second-order valence-electron chi connectivity index (χ2n) is 5.78. The molecule has 4 fully saturated rings. The first-order valence-corrected chi connectivity index (χ1v) is 8.06. The van der Waals surface area contributed by atoms with Crippen LogP contribution in [-0.4, -0.2) is 52.5 Å². The summed E-state index contributed by atoms with van der Waals surface area (Å²) in [6.07, 6.45) is 6.80. The van der Waals surface area contributed by atoms with Crippen LogP contribution >= 0.6 is 11.8 Å². The van der Waals surface area contributed by atoms with Crippen molar-refractivity contribution in [2.45, 2.75) is 50.1 Å². The third-order valence-corrected chi connectivity index (χ3v) is 5.51. The van der Waals surface area contributed by atoms with Crippen molar-refractivity contribution in [3.63, 3.8) is 0 Å². The Bertz CT molecular complexity index is 307. The van der Waals surface area contributed by atoms with Crippen LogP contribution in [0.2, 0.25) is 0 Å². The number of rotatable bonds is 4. The van der Waals surface area contributed by atoms with E-state index in [0.29, 0.717) is 23.4 Å². The molecule has 3 saturated heterocycles. The van der Waals surface area contributed by atoms with Gasteiger partial charge in [0.15, 0.2) is 0 Å². The molecule has 3 unspecified atom stereocenters. The van der Waals surface area contributed by atoms with Gasteiger partial charge in [-0.25, -0.2) is 0 Å². The molecule has 3 aliphatic heterocycles. The molecule has 4 aliphatic rings. The van der Waals surface area contributed by atoms with E-state index in [1.54, 1.807) is 0 Å². The van der Waals surface area contributed by atoms with Crippen LogP contribution in [0.15, 0.2) is 0 Å². The van der Waals surface area contributed by atoms with Crippen molar-refractivity contribution in [1.82, 2.24) is 9.80 Å². The standard InChI is InChI=1S/C13H22N2OS/c1-9(17-2)14-7-11-6-12(8-14)15(11)13(16)5-10-3-4-10/h9-12H,3-8H2,1-2H3. The molecule has 0 aromatic heterocycles. The van der Waals surface area contributed by atoms with Crippen molar-refractivity contribution < 1.29 is 4.79 Å². The van der Waals surface area contributed by atoms with Crippen molar-refractivity contribution in [3.8, 4) is 0 Å². The molecular weight excluding hydrogens is 232 g/mol. The Morgan fingerprint density at radius 3 is 2.53 bits per heavy atom. The fourth-order valence-corrected chi connectivity index (χ4v) is 3.64. The van der Waals surface area contributed by atoms with E-state index in [9.17, 15) is 4.79 Å². The minimum Gasteiger partial charge on any atom is -0.334 e. The molecule has 2 bridgehead atoms. The molecule has 0 spiro atoms. The smallest absolute Gasteiger partial charge is 0.223 e. The highest BCUT2D eigenvalue weighted by Crippen LogP contribution is 2.38. The number of amides is 1. The zero-order valence-corrected chi connectivity index (χ0v) is 11.6. The van der Waals surface area contributed by atoms with Crippen LogP contribution in [0, 0.1) is 5.92 Å². The summed E-state index contributed by atoms with van der Waals surface area (Å²) in [5.74, 6) is 1.16. The van der Waals surface area contributed by atoms with Crippen LogP contribution < -0.4 is 0 Å². The van der Waals surface area contributed by atoms with Gasteiger partial charge in [0.2, 0.25) is 5.91 Å². The van der Waals surface area contributed by atoms with Crippen molar-refractivity contribution in [2.75, 3.05) is 19.3 Å². The van der Waals surface area contributed by atoms with E-state index in [1.807, 2.05) is 11.8 Å². The highest BCUT2D eigenvalue weighted by molar-refractivity contribution is 7.99. The summed E-state index contributed by atoms with van der Waals surface area (Å²) in [5.41, 5.74) is 0. The van der Waals surface area contributed by atoms with Gasteiger partial charge < -0.3 is 4.90 Å². The highest BCUT2D eigenvalue weighted by atomic mass is 32.2. The van der Waals surface area contributed by atoms with Crippen LogP contribution in [0.5, 0.6) is 0 Å². The van der Waals surface area contributed by atoms with Crippen LogP contribution in [0.4, 0.5) is 0 Å². The van der Waals surface area contributed by atoms with E-state index >= 15 is 0 Å². The largest absolute Gasteiger partial charge is 0.334 e. The van der Waals surface area contributed by atoms with Crippen LogP contribution in [0.25, 0.3) is 0 Å². The number of thioether (sulfide) groups is 1. The number of fused-ring (bicyclic) bond motifs is 2. The molecule has 3 heterocycles. The molecule has 3 atom stereocenters. The molecule has 1 amide bonds. The summed E-state index contributed by atoms with van der Waals surface area (Å²) in [7, 11) is 0. The second kappa shape index (κ2) is 4.47. The van der Waals surface area contributed by atoms with Crippen molar-refractivity contribution in [2.24, 2.45) is 5.92 Å². The lowest BCUT2D eigenvalue weighted by molar-refractivity contribution is -0.154. The van der Waals surface area contributed by atoms with Crippen LogP contribution in [-0.2, 0) is 4.79 Å². The first kappa shape index (κ1) is 11.8. The van der Waals surface area contributed by atoms with E-state index in [0.717, 1.165) is 25.4 Å². The topological polar surface area (TPSA) is 23.6 Å². The average molecular weight is 254 g/mol. The van der Waals surface area contributed by atoms with Crippen LogP contribution in [0.1, 0.15) is 32.6 Å². The van der Waals surface area contributed by atoms with Gasteiger partial charge in [-0.15, -0.1) is 11.8 Å². The number of nitrogens with zero attached hydrogens (tertiary/aromatic N) is 2. The fraction of sp³-hybridized carbons (Fsp3) is 0.923. The minimum absolute atomic E-state index is 0.435. The molecular formula is C13H22N2OS. The Balaban J connectivity index is 1.55. The van der Waals surface area contributed by atoms with Gasteiger partial charge in [0.1, 0.15) is 0 Å². The van der Waals surface area contributed by atoms with E-state index in [4.69, 9.17) is 0 Å². The average Bonchev–Trinajstić information content (AvgIpc) is 3.11. The molecule has 0 radical (unpaired) electrons. The predicted molar refractivity (Wildman–Crippen MR) is 70.9 cm³/mol. The minimum atomic E-state index is 0.435. The van der Waals surface area contributed by atoms with Crippen molar-refractivity contribution >= 4 is 17.7 Å². The Kier molecular flexibility index (Phi) is 3.11. The van der Waals surface area contributed by atoms with Gasteiger partial charge in [0.05, 0.1) is 5.37 Å². The van der Waals surface area contributed by atoms with Gasteiger partial charge in [-0.2, -0.15) is 0 Å². The summed E-state index contributed by atoms with van der Waals surface area (Å²) >= 11 is 1.91. The van der Waals surface area contributed by atoms with Crippen molar-refractivity contribution in [3.05, 3.63) is 0 Å².